The van der Waals surface area contributed by atoms with Crippen molar-refractivity contribution in [1.29, 1.82) is 0 Å². The maximum Gasteiger partial charge on any atom is 0.416 e. The van der Waals surface area contributed by atoms with Gasteiger partial charge in [-0.15, -0.1) is 0 Å². The monoisotopic (exact) mass is 442 g/mol. The highest BCUT2D eigenvalue weighted by atomic mass is 32.2. The van der Waals surface area contributed by atoms with Crippen LogP contribution >= 0.6 is 0 Å². The summed E-state index contributed by atoms with van der Waals surface area (Å²) in [4.78, 5) is 0. The molecule has 2 aromatic rings. The smallest absolute Gasteiger partial charge is 0.416 e. The Kier molecular flexibility index (Phi) is 6.84. The van der Waals surface area contributed by atoms with Gasteiger partial charge in [0.25, 0.3) is 10.1 Å². The van der Waals surface area contributed by atoms with Gasteiger partial charge in [0, 0.05) is 6.42 Å². The molecule has 160 valence electrons. The minimum absolute atomic E-state index is 0.0280. The largest absolute Gasteiger partial charge is 0.486 e. The first-order valence-corrected chi connectivity index (χ1v) is 9.93. The Morgan fingerprint density at radius 1 is 0.897 bits per heavy atom. The third-order valence-corrected chi connectivity index (χ3v) is 4.32. The van der Waals surface area contributed by atoms with Crippen LogP contribution in [0.4, 0.5) is 26.3 Å². The maximum absolute atomic E-state index is 13.0. The van der Waals surface area contributed by atoms with E-state index < -0.39 is 39.7 Å². The molecule has 4 nitrogen and oxygen atoms in total. The molecule has 11 heteroatoms. The highest BCUT2D eigenvalue weighted by Gasteiger charge is 2.32. The standard InChI is InChI=1S/C18H16F6O4S/c1-29(25,26)27-10-9-16(12-3-2-4-14(11-12)18(22,23)24)28-15-7-5-13(6-8-15)17(19,20)21/h2-8,11,16H,9-10H2,1H3. The van der Waals surface area contributed by atoms with E-state index in [9.17, 15) is 34.8 Å². The lowest BCUT2D eigenvalue weighted by Gasteiger charge is -2.21. The summed E-state index contributed by atoms with van der Waals surface area (Å²) in [6.45, 7) is -0.389. The van der Waals surface area contributed by atoms with Gasteiger partial charge in [-0.3, -0.25) is 4.18 Å². The second-order valence-electron chi connectivity index (χ2n) is 6.07. The Morgan fingerprint density at radius 3 is 2.00 bits per heavy atom. The van der Waals surface area contributed by atoms with E-state index in [-0.39, 0.29) is 24.3 Å². The Labute approximate surface area is 163 Å². The molecular weight excluding hydrogens is 426 g/mol. The first-order valence-electron chi connectivity index (χ1n) is 8.11. The average molecular weight is 442 g/mol. The van der Waals surface area contributed by atoms with Crippen LogP contribution in [-0.4, -0.2) is 21.3 Å². The van der Waals surface area contributed by atoms with Crippen molar-refractivity contribution >= 4 is 10.1 Å². The van der Waals surface area contributed by atoms with Crippen molar-refractivity contribution < 1.29 is 43.7 Å². The summed E-state index contributed by atoms with van der Waals surface area (Å²) >= 11 is 0. The van der Waals surface area contributed by atoms with Crippen LogP contribution in [0.2, 0.25) is 0 Å². The molecule has 0 saturated heterocycles. The maximum atomic E-state index is 13.0. The van der Waals surface area contributed by atoms with Crippen molar-refractivity contribution in [2.45, 2.75) is 24.9 Å². The molecular formula is C18H16F6O4S. The zero-order valence-corrected chi connectivity index (χ0v) is 15.7. The van der Waals surface area contributed by atoms with E-state index in [0.717, 1.165) is 48.7 Å². The van der Waals surface area contributed by atoms with Gasteiger partial charge >= 0.3 is 12.4 Å². The molecule has 0 aromatic heterocycles. The molecule has 1 atom stereocenters. The molecule has 1 unspecified atom stereocenters. The number of hydrogen-bond acceptors (Lipinski definition) is 4. The van der Waals surface area contributed by atoms with E-state index in [1.165, 1.54) is 6.07 Å². The summed E-state index contributed by atoms with van der Waals surface area (Å²) < 4.78 is 109. The van der Waals surface area contributed by atoms with Gasteiger partial charge in [-0.25, -0.2) is 0 Å². The highest BCUT2D eigenvalue weighted by Crippen LogP contribution is 2.34. The van der Waals surface area contributed by atoms with Gasteiger partial charge in [-0.2, -0.15) is 34.8 Å². The molecule has 0 fully saturated rings. The summed E-state index contributed by atoms with van der Waals surface area (Å²) in [6.07, 6.45) is -9.60. The molecule has 0 aliphatic carbocycles. The molecule has 2 rings (SSSR count). The molecule has 0 N–H and O–H groups in total. The van der Waals surface area contributed by atoms with E-state index >= 15 is 0 Å². The fourth-order valence-corrected chi connectivity index (χ4v) is 2.80. The highest BCUT2D eigenvalue weighted by molar-refractivity contribution is 7.85. The summed E-state index contributed by atoms with van der Waals surface area (Å²) in [5.41, 5.74) is -1.79. The Morgan fingerprint density at radius 2 is 1.48 bits per heavy atom. The van der Waals surface area contributed by atoms with Gasteiger partial charge in [0.2, 0.25) is 0 Å². The van der Waals surface area contributed by atoms with Crippen LogP contribution in [0.5, 0.6) is 5.75 Å². The summed E-state index contributed by atoms with van der Waals surface area (Å²) in [5, 5.41) is 0. The van der Waals surface area contributed by atoms with Crippen molar-refractivity contribution in [3.8, 4) is 5.75 Å². The minimum atomic E-state index is -4.61. The fourth-order valence-electron chi connectivity index (χ4n) is 2.40. The lowest BCUT2D eigenvalue weighted by atomic mass is 10.0. The predicted molar refractivity (Wildman–Crippen MR) is 91.7 cm³/mol. The molecule has 0 aliphatic rings. The number of rotatable bonds is 7. The van der Waals surface area contributed by atoms with E-state index in [0.29, 0.717) is 0 Å². The zero-order chi connectivity index (χ0) is 21.9. The van der Waals surface area contributed by atoms with Crippen LogP contribution in [0, 0.1) is 0 Å². The van der Waals surface area contributed by atoms with Crippen molar-refractivity contribution in [2.75, 3.05) is 12.9 Å². The Balaban J connectivity index is 2.28. The summed E-state index contributed by atoms with van der Waals surface area (Å²) in [5.74, 6) is -0.0280. The Bertz CT molecular complexity index is 921. The van der Waals surface area contributed by atoms with Crippen molar-refractivity contribution in [2.24, 2.45) is 0 Å². The molecule has 0 spiro atoms. The molecule has 0 heterocycles. The van der Waals surface area contributed by atoms with Gasteiger partial charge in [0.05, 0.1) is 24.0 Å². The quantitative estimate of drug-likeness (QED) is 0.436. The van der Waals surface area contributed by atoms with Gasteiger partial charge < -0.3 is 4.74 Å². The lowest BCUT2D eigenvalue weighted by molar-refractivity contribution is -0.138. The van der Waals surface area contributed by atoms with E-state index in [2.05, 4.69) is 4.18 Å². The number of hydrogen-bond donors (Lipinski definition) is 0. The number of ether oxygens (including phenoxy) is 1. The second-order valence-corrected chi connectivity index (χ2v) is 7.71. The number of alkyl halides is 6. The van der Waals surface area contributed by atoms with Crippen molar-refractivity contribution in [1.82, 2.24) is 0 Å². The topological polar surface area (TPSA) is 52.6 Å². The van der Waals surface area contributed by atoms with E-state index in [4.69, 9.17) is 4.74 Å². The van der Waals surface area contributed by atoms with Crippen LogP contribution in [0.15, 0.2) is 48.5 Å². The molecule has 0 aliphatic heterocycles. The van der Waals surface area contributed by atoms with Gasteiger partial charge in [0.1, 0.15) is 11.9 Å². The third kappa shape index (κ3) is 7.24. The van der Waals surface area contributed by atoms with E-state index in [1.807, 2.05) is 0 Å². The van der Waals surface area contributed by atoms with Crippen LogP contribution in [0.3, 0.4) is 0 Å². The molecule has 0 amide bonds. The van der Waals surface area contributed by atoms with Crippen LogP contribution in [0.1, 0.15) is 29.2 Å². The van der Waals surface area contributed by atoms with Gasteiger partial charge in [-0.05, 0) is 42.0 Å². The number of halogens is 6. The number of benzene rings is 2. The average Bonchev–Trinajstić information content (AvgIpc) is 2.59. The van der Waals surface area contributed by atoms with Crippen LogP contribution < -0.4 is 4.74 Å². The summed E-state index contributed by atoms with van der Waals surface area (Å²) in [6, 6.07) is 7.77. The summed E-state index contributed by atoms with van der Waals surface area (Å²) in [7, 11) is -3.79. The van der Waals surface area contributed by atoms with Crippen molar-refractivity contribution in [3.63, 3.8) is 0 Å². The SMILES string of the molecule is CS(=O)(=O)OCCC(Oc1ccc(C(F)(F)F)cc1)c1cccc(C(F)(F)F)c1. The normalized spacial score (nSPS) is 13.9. The van der Waals surface area contributed by atoms with Gasteiger partial charge in [0.15, 0.2) is 0 Å². The molecule has 0 saturated carbocycles. The fraction of sp³-hybridized carbons (Fsp3) is 0.333. The predicted octanol–water partition coefficient (Wildman–Crippen LogP) is 5.21. The first-order chi connectivity index (χ1) is 13.3. The van der Waals surface area contributed by atoms with Crippen molar-refractivity contribution in [3.05, 3.63) is 65.2 Å². The Hall–Kier alpha value is -2.27. The van der Waals surface area contributed by atoms with E-state index in [1.54, 1.807) is 0 Å². The lowest BCUT2D eigenvalue weighted by Crippen LogP contribution is -2.14. The third-order valence-electron chi connectivity index (χ3n) is 3.72. The zero-order valence-electron chi connectivity index (χ0n) is 14.9. The van der Waals surface area contributed by atoms with Crippen LogP contribution in [0.25, 0.3) is 0 Å². The first kappa shape index (κ1) is 23.0. The molecule has 0 radical (unpaired) electrons. The molecule has 0 bridgehead atoms. The molecule has 29 heavy (non-hydrogen) atoms. The van der Waals surface area contributed by atoms with Gasteiger partial charge in [-0.1, -0.05) is 12.1 Å². The van der Waals surface area contributed by atoms with Crippen LogP contribution in [-0.2, 0) is 26.7 Å². The molecule has 2 aromatic carbocycles. The minimum Gasteiger partial charge on any atom is -0.486 e. The second kappa shape index (κ2) is 8.62.